The summed E-state index contributed by atoms with van der Waals surface area (Å²) in [6, 6.07) is 7.18. The number of benzene rings is 1. The van der Waals surface area contributed by atoms with Crippen molar-refractivity contribution in [2.24, 2.45) is 5.92 Å². The first-order valence-corrected chi connectivity index (χ1v) is 10.1. The van der Waals surface area contributed by atoms with Crippen LogP contribution in [0.25, 0.3) is 0 Å². The Morgan fingerprint density at radius 1 is 1.28 bits per heavy atom. The number of hydrogen-bond donors (Lipinski definition) is 1. The molecule has 1 aliphatic rings. The molecule has 3 nitrogen and oxygen atoms in total. The number of anilines is 1. The number of nitrogens with one attached hydrogen (secondary N) is 1. The first kappa shape index (κ1) is 21.6. The number of aromatic nitrogens is 1. The van der Waals surface area contributed by atoms with Gasteiger partial charge in [-0.2, -0.15) is 13.2 Å². The van der Waals surface area contributed by atoms with Crippen LogP contribution in [0.2, 0.25) is 5.02 Å². The highest BCUT2D eigenvalue weighted by Crippen LogP contribution is 2.36. The maximum absolute atomic E-state index is 13.4. The van der Waals surface area contributed by atoms with Crippen LogP contribution in [0.5, 0.6) is 0 Å². The molecule has 0 unspecified atom stereocenters. The summed E-state index contributed by atoms with van der Waals surface area (Å²) in [7, 11) is 0. The quantitative estimate of drug-likeness (QED) is 0.436. The lowest BCUT2D eigenvalue weighted by Crippen LogP contribution is -2.38. The van der Waals surface area contributed by atoms with Gasteiger partial charge in [0.25, 0.3) is 0 Å². The molecule has 2 aromatic rings. The predicted octanol–water partition coefficient (Wildman–Crippen LogP) is 6.31. The molecule has 0 fully saturated rings. The van der Waals surface area contributed by atoms with Crippen LogP contribution in [0.1, 0.15) is 30.4 Å². The molecule has 0 spiro atoms. The molecule has 3 rings (SSSR count). The fourth-order valence-electron chi connectivity index (χ4n) is 3.33. The van der Waals surface area contributed by atoms with Crippen LogP contribution in [0.3, 0.4) is 0 Å². The van der Waals surface area contributed by atoms with E-state index < -0.39 is 11.7 Å². The summed E-state index contributed by atoms with van der Waals surface area (Å²) in [6.45, 7) is 1.11. The predicted molar refractivity (Wildman–Crippen MR) is 114 cm³/mol. The normalized spacial score (nSPS) is 16.5. The van der Waals surface area contributed by atoms with Crippen molar-refractivity contribution in [1.29, 1.82) is 0 Å². The van der Waals surface area contributed by atoms with Gasteiger partial charge in [-0.05, 0) is 67.2 Å². The SMILES string of the molecule is FC(F)(F)c1ccc(Cl)cc1NC(=S)N(Cc1cccnc1)C[C@H]1CC=CCC1. The van der Waals surface area contributed by atoms with Crippen LogP contribution in [-0.2, 0) is 12.7 Å². The van der Waals surface area contributed by atoms with Gasteiger partial charge in [0.2, 0.25) is 0 Å². The van der Waals surface area contributed by atoms with Gasteiger partial charge >= 0.3 is 6.18 Å². The maximum atomic E-state index is 13.4. The Morgan fingerprint density at radius 2 is 2.10 bits per heavy atom. The molecule has 8 heteroatoms. The molecule has 1 aromatic carbocycles. The standard InChI is InChI=1S/C21H21ClF3N3S/c22-17-8-9-18(21(23,24)25)19(11-17)27-20(29)28(13-15-5-2-1-3-6-15)14-16-7-4-10-26-12-16/h1-2,4,7-12,15H,3,5-6,13-14H2,(H,27,29)/t15-/m0/s1. The number of alkyl halides is 3. The number of thiocarbonyl (C=S) groups is 1. The van der Waals surface area contributed by atoms with Crippen molar-refractivity contribution in [2.45, 2.75) is 32.0 Å². The van der Waals surface area contributed by atoms with E-state index in [1.54, 1.807) is 12.4 Å². The third kappa shape index (κ3) is 6.18. The molecule has 1 heterocycles. The fraction of sp³-hybridized carbons (Fsp3) is 0.333. The van der Waals surface area contributed by atoms with E-state index in [0.717, 1.165) is 30.9 Å². The molecule has 0 amide bonds. The lowest BCUT2D eigenvalue weighted by atomic mass is 9.94. The van der Waals surface area contributed by atoms with Crippen LogP contribution in [0, 0.1) is 5.92 Å². The summed E-state index contributed by atoms with van der Waals surface area (Å²) >= 11 is 11.5. The smallest absolute Gasteiger partial charge is 0.344 e. The second-order valence-electron chi connectivity index (χ2n) is 7.01. The van der Waals surface area contributed by atoms with Crippen molar-refractivity contribution in [3.05, 3.63) is 71.0 Å². The molecular weight excluding hydrogens is 419 g/mol. The van der Waals surface area contributed by atoms with Crippen molar-refractivity contribution in [3.8, 4) is 0 Å². The van der Waals surface area contributed by atoms with E-state index in [-0.39, 0.29) is 15.8 Å². The third-order valence-electron chi connectivity index (χ3n) is 4.77. The number of halogens is 4. The molecule has 1 atom stereocenters. The molecule has 0 radical (unpaired) electrons. The van der Waals surface area contributed by atoms with E-state index >= 15 is 0 Å². The van der Waals surface area contributed by atoms with Crippen LogP contribution >= 0.6 is 23.8 Å². The average molecular weight is 440 g/mol. The summed E-state index contributed by atoms with van der Waals surface area (Å²) in [6.07, 6.45) is 6.15. The van der Waals surface area contributed by atoms with Gasteiger partial charge in [-0.15, -0.1) is 0 Å². The topological polar surface area (TPSA) is 28.2 Å². The van der Waals surface area contributed by atoms with E-state index in [1.165, 1.54) is 12.1 Å². The first-order chi connectivity index (χ1) is 13.8. The highest BCUT2D eigenvalue weighted by Gasteiger charge is 2.34. The van der Waals surface area contributed by atoms with Gasteiger partial charge in [-0.1, -0.05) is 29.8 Å². The molecule has 0 saturated heterocycles. The molecule has 0 saturated carbocycles. The summed E-state index contributed by atoms with van der Waals surface area (Å²) in [5.41, 5.74) is -0.00829. The molecule has 29 heavy (non-hydrogen) atoms. The van der Waals surface area contributed by atoms with Gasteiger partial charge in [0.15, 0.2) is 5.11 Å². The van der Waals surface area contributed by atoms with Crippen LogP contribution < -0.4 is 5.32 Å². The average Bonchev–Trinajstić information content (AvgIpc) is 2.68. The molecule has 0 aliphatic heterocycles. The minimum atomic E-state index is -4.51. The number of allylic oxidation sites excluding steroid dienone is 2. The van der Waals surface area contributed by atoms with Crippen molar-refractivity contribution in [3.63, 3.8) is 0 Å². The zero-order chi connectivity index (χ0) is 20.9. The summed E-state index contributed by atoms with van der Waals surface area (Å²) in [4.78, 5) is 6.02. The van der Waals surface area contributed by atoms with Gasteiger partial charge < -0.3 is 10.2 Å². The van der Waals surface area contributed by atoms with Gasteiger partial charge in [-0.25, -0.2) is 0 Å². The Kier molecular flexibility index (Phi) is 7.14. The van der Waals surface area contributed by atoms with Gasteiger partial charge in [0, 0.05) is 30.5 Å². The third-order valence-corrected chi connectivity index (χ3v) is 5.36. The lowest BCUT2D eigenvalue weighted by Gasteiger charge is -2.31. The van der Waals surface area contributed by atoms with Gasteiger partial charge in [0.05, 0.1) is 11.3 Å². The van der Waals surface area contributed by atoms with E-state index in [9.17, 15) is 13.2 Å². The van der Waals surface area contributed by atoms with Crippen LogP contribution in [-0.4, -0.2) is 21.5 Å². The summed E-state index contributed by atoms with van der Waals surface area (Å²) in [5.74, 6) is 0.387. The van der Waals surface area contributed by atoms with Crippen LogP contribution in [0.4, 0.5) is 18.9 Å². The minimum absolute atomic E-state index is 0.144. The first-order valence-electron chi connectivity index (χ1n) is 9.29. The molecule has 154 valence electrons. The second kappa shape index (κ2) is 9.59. The van der Waals surface area contributed by atoms with Crippen molar-refractivity contribution < 1.29 is 13.2 Å². The zero-order valence-corrected chi connectivity index (χ0v) is 17.2. The van der Waals surface area contributed by atoms with Gasteiger partial charge in [0.1, 0.15) is 0 Å². The highest BCUT2D eigenvalue weighted by atomic mass is 35.5. The minimum Gasteiger partial charge on any atom is -0.344 e. The molecule has 1 aromatic heterocycles. The Labute approximate surface area is 178 Å². The maximum Gasteiger partial charge on any atom is 0.418 e. The summed E-state index contributed by atoms with van der Waals surface area (Å²) < 4.78 is 40.2. The van der Waals surface area contributed by atoms with Crippen LogP contribution in [0.15, 0.2) is 54.9 Å². The molecule has 1 aliphatic carbocycles. The highest BCUT2D eigenvalue weighted by molar-refractivity contribution is 7.80. The Morgan fingerprint density at radius 3 is 2.76 bits per heavy atom. The number of nitrogens with zero attached hydrogens (tertiary/aromatic N) is 2. The van der Waals surface area contributed by atoms with E-state index in [1.807, 2.05) is 17.0 Å². The van der Waals surface area contributed by atoms with Crippen molar-refractivity contribution >= 4 is 34.6 Å². The number of rotatable bonds is 5. The second-order valence-corrected chi connectivity index (χ2v) is 7.83. The summed E-state index contributed by atoms with van der Waals surface area (Å²) in [5, 5.41) is 3.22. The molecular formula is C21H21ClF3N3S. The Bertz CT molecular complexity index is 871. The molecule has 0 bridgehead atoms. The Hall–Kier alpha value is -2.12. The lowest BCUT2D eigenvalue weighted by molar-refractivity contribution is -0.136. The van der Waals surface area contributed by atoms with E-state index in [2.05, 4.69) is 22.5 Å². The van der Waals surface area contributed by atoms with Crippen molar-refractivity contribution in [1.82, 2.24) is 9.88 Å². The van der Waals surface area contributed by atoms with E-state index in [0.29, 0.717) is 19.0 Å². The monoisotopic (exact) mass is 439 g/mol. The number of hydrogen-bond acceptors (Lipinski definition) is 2. The van der Waals surface area contributed by atoms with Crippen molar-refractivity contribution in [2.75, 3.05) is 11.9 Å². The Balaban J connectivity index is 1.82. The number of pyridine rings is 1. The zero-order valence-electron chi connectivity index (χ0n) is 15.6. The largest absolute Gasteiger partial charge is 0.418 e. The fourth-order valence-corrected chi connectivity index (χ4v) is 3.75. The van der Waals surface area contributed by atoms with Gasteiger partial charge in [-0.3, -0.25) is 4.98 Å². The molecule has 1 N–H and O–H groups in total. The van der Waals surface area contributed by atoms with E-state index in [4.69, 9.17) is 23.8 Å².